The summed E-state index contributed by atoms with van der Waals surface area (Å²) in [6.45, 7) is 9.28. The lowest BCUT2D eigenvalue weighted by atomic mass is 10.2. The van der Waals surface area contributed by atoms with Gasteiger partial charge < -0.3 is 4.74 Å². The van der Waals surface area contributed by atoms with Crippen LogP contribution in [0.4, 0.5) is 4.39 Å². The Balaban J connectivity index is 0.00000116. The maximum Gasteiger partial charge on any atom is 0.148 e. The van der Waals surface area contributed by atoms with Crippen molar-refractivity contribution in [1.29, 1.82) is 0 Å². The molecule has 2 rings (SSSR count). The van der Waals surface area contributed by atoms with Crippen molar-refractivity contribution in [3.8, 4) is 5.75 Å². The summed E-state index contributed by atoms with van der Waals surface area (Å²) in [5, 5.41) is 5.11. The fourth-order valence-corrected chi connectivity index (χ4v) is 2.36. The molecule has 0 saturated carbocycles. The first-order valence-electron chi connectivity index (χ1n) is 6.99. The summed E-state index contributed by atoms with van der Waals surface area (Å²) >= 11 is 3.46. The van der Waals surface area contributed by atoms with E-state index in [1.807, 2.05) is 32.9 Å². The van der Waals surface area contributed by atoms with Crippen molar-refractivity contribution in [3.05, 3.63) is 53.4 Å². The minimum atomic E-state index is -0.449. The molecule has 0 spiro atoms. The van der Waals surface area contributed by atoms with Crippen LogP contribution in [0.25, 0.3) is 16.6 Å². The Morgan fingerprint density at radius 2 is 2.09 bits per heavy atom. The summed E-state index contributed by atoms with van der Waals surface area (Å²) in [6, 6.07) is 3.68. The van der Waals surface area contributed by atoms with Gasteiger partial charge in [-0.05, 0) is 31.2 Å². The number of allylic oxidation sites excluding steroid dienone is 5. The van der Waals surface area contributed by atoms with Crippen molar-refractivity contribution in [2.45, 2.75) is 20.8 Å². The largest absolute Gasteiger partial charge is 0.494 e. The van der Waals surface area contributed by atoms with Gasteiger partial charge in [0.25, 0.3) is 0 Å². The predicted molar refractivity (Wildman–Crippen MR) is 94.7 cm³/mol. The van der Waals surface area contributed by atoms with Crippen molar-refractivity contribution in [2.24, 2.45) is 0 Å². The Labute approximate surface area is 138 Å². The van der Waals surface area contributed by atoms with Gasteiger partial charge in [0.05, 0.1) is 13.3 Å². The monoisotopic (exact) mass is 366 g/mol. The molecule has 118 valence electrons. The van der Waals surface area contributed by atoms with E-state index in [9.17, 15) is 4.39 Å². The molecule has 5 heteroatoms. The highest BCUT2D eigenvalue weighted by Crippen LogP contribution is 2.33. The lowest BCUT2D eigenvalue weighted by Gasteiger charge is -2.09. The quantitative estimate of drug-likeness (QED) is 0.645. The Bertz CT molecular complexity index is 717. The molecule has 0 saturated heterocycles. The summed E-state index contributed by atoms with van der Waals surface area (Å²) in [5.74, 6) is 0.176. The zero-order valence-corrected chi connectivity index (χ0v) is 14.8. The zero-order valence-electron chi connectivity index (χ0n) is 13.2. The van der Waals surface area contributed by atoms with Crippen LogP contribution >= 0.6 is 15.9 Å². The maximum absolute atomic E-state index is 14.0. The smallest absolute Gasteiger partial charge is 0.148 e. The molecule has 0 bridgehead atoms. The SMILES string of the molecule is C=C/C(F)=C(\C=C/C)n1ncc2c(Br)ccc(OC)c21.CC. The van der Waals surface area contributed by atoms with Crippen molar-refractivity contribution < 1.29 is 9.13 Å². The molecule has 22 heavy (non-hydrogen) atoms. The number of aromatic nitrogens is 2. The van der Waals surface area contributed by atoms with Crippen molar-refractivity contribution in [3.63, 3.8) is 0 Å². The van der Waals surface area contributed by atoms with Crippen molar-refractivity contribution in [1.82, 2.24) is 9.78 Å². The highest BCUT2D eigenvalue weighted by molar-refractivity contribution is 9.10. The zero-order chi connectivity index (χ0) is 16.7. The molecule has 0 radical (unpaired) electrons. The van der Waals surface area contributed by atoms with Gasteiger partial charge in [-0.1, -0.05) is 42.4 Å². The van der Waals surface area contributed by atoms with Crippen molar-refractivity contribution in [2.75, 3.05) is 7.11 Å². The highest BCUT2D eigenvalue weighted by Gasteiger charge is 2.15. The molecule has 0 N–H and O–H groups in total. The lowest BCUT2D eigenvalue weighted by Crippen LogP contribution is -2.00. The number of hydrogen-bond acceptors (Lipinski definition) is 2. The van der Waals surface area contributed by atoms with Gasteiger partial charge in [-0.25, -0.2) is 9.07 Å². The normalized spacial score (nSPS) is 11.9. The van der Waals surface area contributed by atoms with E-state index < -0.39 is 5.83 Å². The van der Waals surface area contributed by atoms with Crippen LogP contribution in [0.2, 0.25) is 0 Å². The molecule has 0 aliphatic heterocycles. The second kappa shape index (κ2) is 8.54. The van der Waals surface area contributed by atoms with Gasteiger partial charge in [0.2, 0.25) is 0 Å². The first-order chi connectivity index (χ1) is 10.6. The molecule has 0 atom stereocenters. The number of benzene rings is 1. The molecular formula is C17H20BrFN2O. The van der Waals surface area contributed by atoms with Crippen LogP contribution in [0.3, 0.4) is 0 Å². The van der Waals surface area contributed by atoms with Gasteiger partial charge in [0.15, 0.2) is 0 Å². The Morgan fingerprint density at radius 3 is 2.64 bits per heavy atom. The van der Waals surface area contributed by atoms with Crippen LogP contribution in [0, 0.1) is 0 Å². The molecule has 0 aliphatic carbocycles. The summed E-state index contributed by atoms with van der Waals surface area (Å²) in [7, 11) is 1.57. The predicted octanol–water partition coefficient (Wildman–Crippen LogP) is 5.73. The number of ether oxygens (including phenoxy) is 1. The fourth-order valence-electron chi connectivity index (χ4n) is 1.94. The van der Waals surface area contributed by atoms with Gasteiger partial charge in [-0.3, -0.25) is 0 Å². The van der Waals surface area contributed by atoms with E-state index in [1.165, 1.54) is 4.68 Å². The minimum Gasteiger partial charge on any atom is -0.494 e. The molecule has 1 aromatic heterocycles. The van der Waals surface area contributed by atoms with E-state index in [-0.39, 0.29) is 0 Å². The van der Waals surface area contributed by atoms with E-state index in [0.29, 0.717) is 17.0 Å². The number of hydrogen-bond donors (Lipinski definition) is 0. The standard InChI is InChI=1S/C15H14BrFN2O.C2H6/c1-4-6-13(12(17)5-2)19-15-10(9-18-19)11(16)7-8-14(15)20-3;1-2/h4-9H,2H2,1,3H3;1-2H3/b6-4-,13-12-;. The van der Waals surface area contributed by atoms with Gasteiger partial charge in [0.1, 0.15) is 22.8 Å². The topological polar surface area (TPSA) is 27.1 Å². The van der Waals surface area contributed by atoms with Gasteiger partial charge in [-0.2, -0.15) is 5.10 Å². The first-order valence-corrected chi connectivity index (χ1v) is 7.78. The van der Waals surface area contributed by atoms with Crippen LogP contribution in [0.1, 0.15) is 20.8 Å². The second-order valence-corrected chi connectivity index (χ2v) is 4.86. The van der Waals surface area contributed by atoms with Gasteiger partial charge in [0, 0.05) is 9.86 Å². The first kappa shape index (κ1) is 18.2. The van der Waals surface area contributed by atoms with E-state index >= 15 is 0 Å². The minimum absolute atomic E-state index is 0.314. The van der Waals surface area contributed by atoms with Crippen LogP contribution < -0.4 is 4.74 Å². The number of methoxy groups -OCH3 is 1. The summed E-state index contributed by atoms with van der Waals surface area (Å²) < 4.78 is 21.7. The van der Waals surface area contributed by atoms with Crippen LogP contribution in [-0.2, 0) is 0 Å². The highest BCUT2D eigenvalue weighted by atomic mass is 79.9. The van der Waals surface area contributed by atoms with Crippen LogP contribution in [-0.4, -0.2) is 16.9 Å². The van der Waals surface area contributed by atoms with E-state index in [2.05, 4.69) is 27.6 Å². The average molecular weight is 367 g/mol. The third-order valence-corrected chi connectivity index (χ3v) is 3.53. The van der Waals surface area contributed by atoms with Crippen LogP contribution in [0.5, 0.6) is 5.75 Å². The molecular weight excluding hydrogens is 347 g/mol. The molecule has 0 unspecified atom stereocenters. The van der Waals surface area contributed by atoms with Gasteiger partial charge in [-0.15, -0.1) is 0 Å². The number of nitrogens with zero attached hydrogens (tertiary/aromatic N) is 2. The summed E-state index contributed by atoms with van der Waals surface area (Å²) in [6.07, 6.45) is 6.22. The third-order valence-electron chi connectivity index (χ3n) is 2.84. The van der Waals surface area contributed by atoms with E-state index in [1.54, 1.807) is 25.5 Å². The molecule has 0 amide bonds. The van der Waals surface area contributed by atoms with Crippen LogP contribution in [0.15, 0.2) is 53.4 Å². The molecule has 1 aromatic carbocycles. The van der Waals surface area contributed by atoms with Gasteiger partial charge >= 0.3 is 0 Å². The second-order valence-electron chi connectivity index (χ2n) is 4.01. The van der Waals surface area contributed by atoms with E-state index in [4.69, 9.17) is 4.74 Å². The molecule has 0 aliphatic rings. The third kappa shape index (κ3) is 3.47. The number of rotatable bonds is 4. The molecule has 0 fully saturated rings. The Kier molecular flexibility index (Phi) is 7.05. The van der Waals surface area contributed by atoms with E-state index in [0.717, 1.165) is 15.9 Å². The number of halogens is 2. The van der Waals surface area contributed by atoms with Crippen molar-refractivity contribution >= 4 is 32.5 Å². The molecule has 3 nitrogen and oxygen atoms in total. The summed E-state index contributed by atoms with van der Waals surface area (Å²) in [5.41, 5.74) is 1.01. The maximum atomic E-state index is 14.0. The molecule has 1 heterocycles. The Hall–Kier alpha value is -1.88. The molecule has 2 aromatic rings. The number of fused-ring (bicyclic) bond motifs is 1. The average Bonchev–Trinajstić information content (AvgIpc) is 3.00. The fraction of sp³-hybridized carbons (Fsp3) is 0.235. The lowest BCUT2D eigenvalue weighted by molar-refractivity contribution is 0.418. The summed E-state index contributed by atoms with van der Waals surface area (Å²) in [4.78, 5) is 0. The Morgan fingerprint density at radius 1 is 1.41 bits per heavy atom.